The third-order valence-electron chi connectivity index (χ3n) is 10.6. The molecule has 1 aliphatic heterocycles. The highest BCUT2D eigenvalue weighted by atomic mass is 16.6. The van der Waals surface area contributed by atoms with Gasteiger partial charge in [-0.2, -0.15) is 0 Å². The summed E-state index contributed by atoms with van der Waals surface area (Å²) >= 11 is 0. The van der Waals surface area contributed by atoms with E-state index in [2.05, 4.69) is 21.3 Å². The van der Waals surface area contributed by atoms with Gasteiger partial charge in [0.1, 0.15) is 24.2 Å². The molecule has 1 aromatic rings. The van der Waals surface area contributed by atoms with Crippen LogP contribution in [-0.4, -0.2) is 103 Å². The molecule has 0 spiro atoms. The normalized spacial score (nSPS) is 20.9. The number of likely N-dealkylation sites (N-methyl/N-ethyl adjacent to an activating group) is 1. The molecule has 1 aliphatic carbocycles. The number of nitrogens with zero attached hydrogens (tertiary/aromatic N) is 2. The first-order chi connectivity index (χ1) is 24.6. The Bertz CT molecular complexity index is 1520. The molecule has 294 valence electrons. The Morgan fingerprint density at radius 2 is 1.58 bits per heavy atom. The number of ketones is 1. The maximum Gasteiger partial charge on any atom is 0.408 e. The molecule has 2 unspecified atom stereocenters. The van der Waals surface area contributed by atoms with Gasteiger partial charge in [-0.3, -0.25) is 28.8 Å². The molecule has 4 N–H and O–H groups in total. The number of hydrogen-bond acceptors (Lipinski definition) is 8. The number of unbranched alkanes of at least 4 members (excludes halogenated alkanes) is 1. The predicted molar refractivity (Wildman–Crippen MR) is 199 cm³/mol. The van der Waals surface area contributed by atoms with E-state index in [0.29, 0.717) is 24.9 Å². The summed E-state index contributed by atoms with van der Waals surface area (Å²) in [5.74, 6) is -4.14. The molecule has 14 nitrogen and oxygen atoms in total. The molecule has 0 aromatic heterocycles. The number of benzene rings is 1. The van der Waals surface area contributed by atoms with Gasteiger partial charge in [0, 0.05) is 20.6 Å². The fourth-order valence-electron chi connectivity index (χ4n) is 6.83. The van der Waals surface area contributed by atoms with Gasteiger partial charge in [-0.1, -0.05) is 98.6 Å². The molecule has 7 atom stereocenters. The van der Waals surface area contributed by atoms with E-state index in [1.807, 2.05) is 55.4 Å². The summed E-state index contributed by atoms with van der Waals surface area (Å²) in [7, 11) is 3.12. The number of carbonyl (C=O) groups is 7. The van der Waals surface area contributed by atoms with E-state index in [4.69, 9.17) is 4.74 Å². The van der Waals surface area contributed by atoms with Gasteiger partial charge in [-0.15, -0.1) is 0 Å². The molecule has 1 aromatic carbocycles. The molecule has 14 heteroatoms. The Morgan fingerprint density at radius 3 is 2.13 bits per heavy atom. The van der Waals surface area contributed by atoms with Crippen molar-refractivity contribution in [3.05, 3.63) is 35.9 Å². The fourth-order valence-corrected chi connectivity index (χ4v) is 6.83. The maximum atomic E-state index is 14.2. The van der Waals surface area contributed by atoms with Gasteiger partial charge in [0.05, 0.1) is 12.6 Å². The van der Waals surface area contributed by atoms with Crippen LogP contribution in [0.2, 0.25) is 0 Å². The number of rotatable bonds is 16. The van der Waals surface area contributed by atoms with Crippen LogP contribution in [0.4, 0.5) is 4.79 Å². The number of likely N-dealkylation sites (tertiary alicyclic amines) is 1. The van der Waals surface area contributed by atoms with Crippen LogP contribution in [0.15, 0.2) is 30.3 Å². The standard InChI is InChI=1S/C39H60N6O8/c1-12-13-19-26(31(47)34(49)40-20-27(46)42-29(35(50)44(10)11)24-17-15-14-16-18-24)41-33(48)30-28-25(39(28,8)9)21-45(30)36(51)32(38(5,6)7)43-37(52)53-23(4)22(2)3/h14-18,22-23,25-26,28-30,32H,12-13,19-21H2,1-11H3,(H,40,49)(H,41,48)(H,42,46)(H,43,52)/t23?,25-,26?,28-,29+,30+,32-/m1/s1. The Hall–Kier alpha value is -4.49. The lowest BCUT2D eigenvalue weighted by atomic mass is 9.85. The molecule has 1 heterocycles. The Balaban J connectivity index is 1.75. The molecule has 0 bridgehead atoms. The summed E-state index contributed by atoms with van der Waals surface area (Å²) in [5, 5.41) is 10.5. The second-order valence-electron chi connectivity index (χ2n) is 16.6. The van der Waals surface area contributed by atoms with Crippen molar-refractivity contribution in [3.8, 4) is 0 Å². The smallest absolute Gasteiger partial charge is 0.408 e. The van der Waals surface area contributed by atoms with Crippen LogP contribution in [0.1, 0.15) is 93.2 Å². The lowest BCUT2D eigenvalue weighted by Gasteiger charge is -2.38. The first-order valence-corrected chi connectivity index (χ1v) is 18.6. The minimum atomic E-state index is -1.21. The van der Waals surface area contributed by atoms with E-state index in [1.54, 1.807) is 51.4 Å². The first kappa shape index (κ1) is 42.9. The van der Waals surface area contributed by atoms with E-state index in [9.17, 15) is 33.6 Å². The van der Waals surface area contributed by atoms with Crippen molar-refractivity contribution in [3.63, 3.8) is 0 Å². The summed E-state index contributed by atoms with van der Waals surface area (Å²) in [4.78, 5) is 96.5. The number of hydrogen-bond donors (Lipinski definition) is 4. The predicted octanol–water partition coefficient (Wildman–Crippen LogP) is 2.96. The average molecular weight is 741 g/mol. The Morgan fingerprint density at radius 1 is 0.962 bits per heavy atom. The number of Topliss-reactive ketones (excluding diaryl/α,β-unsaturated/α-hetero) is 1. The van der Waals surface area contributed by atoms with E-state index < -0.39 is 71.6 Å². The highest BCUT2D eigenvalue weighted by Crippen LogP contribution is 2.65. The fraction of sp³-hybridized carbons (Fsp3) is 0.667. The molecular formula is C39H60N6O8. The molecule has 1 saturated heterocycles. The van der Waals surface area contributed by atoms with Crippen molar-refractivity contribution in [1.82, 2.24) is 31.1 Å². The summed E-state index contributed by atoms with van der Waals surface area (Å²) in [5.41, 5.74) is -0.422. The minimum absolute atomic E-state index is 0.0291. The van der Waals surface area contributed by atoms with Crippen molar-refractivity contribution < 1.29 is 38.3 Å². The molecule has 2 fully saturated rings. The zero-order valence-corrected chi connectivity index (χ0v) is 33.2. The lowest BCUT2D eigenvalue weighted by Crippen LogP contribution is -2.60. The third-order valence-corrected chi connectivity index (χ3v) is 10.6. The van der Waals surface area contributed by atoms with E-state index in [0.717, 1.165) is 0 Å². The summed E-state index contributed by atoms with van der Waals surface area (Å²) in [6.45, 7) is 16.7. The highest BCUT2D eigenvalue weighted by Gasteiger charge is 2.70. The average Bonchev–Trinajstić information content (AvgIpc) is 3.38. The van der Waals surface area contributed by atoms with Gasteiger partial charge in [0.2, 0.25) is 29.4 Å². The molecule has 53 heavy (non-hydrogen) atoms. The molecular weight excluding hydrogens is 680 g/mol. The monoisotopic (exact) mass is 740 g/mol. The van der Waals surface area contributed by atoms with Crippen LogP contribution >= 0.6 is 0 Å². The lowest BCUT2D eigenvalue weighted by molar-refractivity contribution is -0.145. The summed E-state index contributed by atoms with van der Waals surface area (Å²) in [6.07, 6.45) is 0.259. The topological polar surface area (TPSA) is 183 Å². The summed E-state index contributed by atoms with van der Waals surface area (Å²) < 4.78 is 5.50. The third kappa shape index (κ3) is 10.6. The molecule has 3 rings (SSSR count). The quantitative estimate of drug-likeness (QED) is 0.187. The van der Waals surface area contributed by atoms with E-state index in [-0.39, 0.29) is 41.6 Å². The SMILES string of the molecule is CCCCC(NC(=O)[C@@H]1[C@H]2[C@@H](CN1C(=O)[C@@H](NC(=O)OC(C)C(C)C)C(C)(C)C)C2(C)C)C(=O)C(=O)NCC(=O)N[C@H](C(=O)N(C)C)c1ccccc1. The van der Waals surface area contributed by atoms with Crippen LogP contribution in [0.5, 0.6) is 0 Å². The number of fused-ring (bicyclic) bond motifs is 1. The number of piperidine rings is 1. The second-order valence-corrected chi connectivity index (χ2v) is 16.6. The van der Waals surface area contributed by atoms with Gasteiger partial charge in [-0.25, -0.2) is 4.79 Å². The van der Waals surface area contributed by atoms with Crippen molar-refractivity contribution in [1.29, 1.82) is 0 Å². The van der Waals surface area contributed by atoms with E-state index >= 15 is 0 Å². The van der Waals surface area contributed by atoms with Crippen LogP contribution < -0.4 is 21.3 Å². The highest BCUT2D eigenvalue weighted by molar-refractivity contribution is 6.38. The van der Waals surface area contributed by atoms with Gasteiger partial charge in [0.15, 0.2) is 0 Å². The largest absolute Gasteiger partial charge is 0.446 e. The Kier molecular flexibility index (Phi) is 14.2. The van der Waals surface area contributed by atoms with Crippen molar-refractivity contribution in [2.45, 2.75) is 112 Å². The van der Waals surface area contributed by atoms with Crippen LogP contribution in [0.3, 0.4) is 0 Å². The minimum Gasteiger partial charge on any atom is -0.446 e. The van der Waals surface area contributed by atoms with Crippen LogP contribution in [0, 0.1) is 28.6 Å². The zero-order chi connectivity index (χ0) is 40.0. The van der Waals surface area contributed by atoms with Gasteiger partial charge in [-0.05, 0) is 47.5 Å². The van der Waals surface area contributed by atoms with E-state index in [1.165, 1.54) is 9.80 Å². The van der Waals surface area contributed by atoms with Crippen molar-refractivity contribution in [2.24, 2.45) is 28.6 Å². The zero-order valence-electron chi connectivity index (χ0n) is 33.2. The second kappa shape index (κ2) is 17.6. The first-order valence-electron chi connectivity index (χ1n) is 18.6. The number of carbonyl (C=O) groups excluding carboxylic acids is 7. The number of alkyl carbamates (subject to hydrolysis) is 1. The number of amides is 6. The van der Waals surface area contributed by atoms with Gasteiger partial charge in [0.25, 0.3) is 5.91 Å². The molecule has 1 saturated carbocycles. The number of nitrogens with one attached hydrogen (secondary N) is 4. The molecule has 2 aliphatic rings. The maximum absolute atomic E-state index is 14.2. The Labute approximate surface area is 313 Å². The number of ether oxygens (including phenoxy) is 1. The van der Waals surface area contributed by atoms with Gasteiger partial charge < -0.3 is 35.8 Å². The van der Waals surface area contributed by atoms with Crippen LogP contribution in [-0.2, 0) is 33.5 Å². The van der Waals surface area contributed by atoms with Crippen molar-refractivity contribution in [2.75, 3.05) is 27.2 Å². The van der Waals surface area contributed by atoms with Crippen LogP contribution in [0.25, 0.3) is 0 Å². The van der Waals surface area contributed by atoms with Crippen molar-refractivity contribution >= 4 is 41.4 Å². The molecule has 0 radical (unpaired) electrons. The molecule has 6 amide bonds. The van der Waals surface area contributed by atoms with Gasteiger partial charge >= 0.3 is 6.09 Å². The summed E-state index contributed by atoms with van der Waals surface area (Å²) in [6, 6.07) is 4.49.